The Morgan fingerprint density at radius 2 is 2.31 bits per heavy atom. The molecule has 0 aliphatic carbocycles. The van der Waals surface area contributed by atoms with E-state index in [9.17, 15) is 9.59 Å². The lowest BCUT2D eigenvalue weighted by atomic mass is 10.2. The van der Waals surface area contributed by atoms with Gasteiger partial charge in [-0.2, -0.15) is 0 Å². The van der Waals surface area contributed by atoms with Gasteiger partial charge in [0.2, 0.25) is 5.91 Å². The highest BCUT2D eigenvalue weighted by Gasteiger charge is 2.37. The van der Waals surface area contributed by atoms with Gasteiger partial charge in [-0.1, -0.05) is 6.07 Å². The summed E-state index contributed by atoms with van der Waals surface area (Å²) in [6.45, 7) is 2.22. The van der Waals surface area contributed by atoms with Gasteiger partial charge < -0.3 is 5.32 Å². The maximum atomic E-state index is 11.8. The van der Waals surface area contributed by atoms with Gasteiger partial charge in [0.25, 0.3) is 5.91 Å². The molecule has 16 heavy (non-hydrogen) atoms. The average Bonchev–Trinajstić information content (AvgIpc) is 2.55. The Bertz CT molecular complexity index is 405. The summed E-state index contributed by atoms with van der Waals surface area (Å²) in [6, 6.07) is 4.92. The quantitative estimate of drug-likeness (QED) is 0.758. The number of nitrogens with one attached hydrogen (secondary N) is 1. The lowest BCUT2D eigenvalue weighted by Crippen LogP contribution is -2.34. The minimum atomic E-state index is -0.470. The number of imide groups is 1. The van der Waals surface area contributed by atoms with Gasteiger partial charge >= 0.3 is 0 Å². The number of amides is 2. The molecular formula is C11H13N3O2. The molecule has 5 nitrogen and oxygen atoms in total. The number of hydrogen-bond acceptors (Lipinski definition) is 4. The molecule has 84 valence electrons. The van der Waals surface area contributed by atoms with Crippen LogP contribution in [0.3, 0.4) is 0 Å². The van der Waals surface area contributed by atoms with Gasteiger partial charge in [0.05, 0.1) is 6.42 Å². The minimum Gasteiger partial charge on any atom is -0.358 e. The van der Waals surface area contributed by atoms with Crippen molar-refractivity contribution in [2.24, 2.45) is 0 Å². The van der Waals surface area contributed by atoms with Crippen molar-refractivity contribution >= 4 is 17.6 Å². The summed E-state index contributed by atoms with van der Waals surface area (Å²) in [5.74, 6) is 0.325. The molecule has 2 rings (SSSR count). The van der Waals surface area contributed by atoms with Crippen molar-refractivity contribution in [2.75, 3.05) is 11.9 Å². The number of pyridine rings is 1. The summed E-state index contributed by atoms with van der Waals surface area (Å²) in [6.07, 6.45) is 1.85. The first-order valence-electron chi connectivity index (χ1n) is 5.24. The second-order valence-electron chi connectivity index (χ2n) is 3.59. The predicted molar refractivity (Wildman–Crippen MR) is 58.7 cm³/mol. The van der Waals surface area contributed by atoms with Crippen LogP contribution in [0.2, 0.25) is 0 Å². The summed E-state index contributed by atoms with van der Waals surface area (Å²) in [5.41, 5.74) is 0. The Kier molecular flexibility index (Phi) is 2.85. The molecule has 1 fully saturated rings. The standard InChI is InChI=1S/C11H13N3O2/c1-2-14-10(15)7-8(11(14)16)13-9-5-3-4-6-12-9/h3-6,8H,2,7H2,1H3,(H,12,13). The lowest BCUT2D eigenvalue weighted by molar-refractivity contribution is -0.138. The van der Waals surface area contributed by atoms with E-state index >= 15 is 0 Å². The summed E-state index contributed by atoms with van der Waals surface area (Å²) < 4.78 is 0. The zero-order chi connectivity index (χ0) is 11.5. The molecule has 1 aliphatic rings. The van der Waals surface area contributed by atoms with Gasteiger partial charge in [-0.25, -0.2) is 4.98 Å². The van der Waals surface area contributed by atoms with Crippen molar-refractivity contribution in [1.29, 1.82) is 0 Å². The first kappa shape index (κ1) is 10.6. The monoisotopic (exact) mass is 219 g/mol. The third-order valence-corrected chi connectivity index (χ3v) is 2.55. The highest BCUT2D eigenvalue weighted by atomic mass is 16.2. The zero-order valence-corrected chi connectivity index (χ0v) is 9.01. The molecule has 2 heterocycles. The number of anilines is 1. The van der Waals surface area contributed by atoms with Crippen molar-refractivity contribution in [1.82, 2.24) is 9.88 Å². The fraction of sp³-hybridized carbons (Fsp3) is 0.364. The largest absolute Gasteiger partial charge is 0.358 e. The molecule has 1 atom stereocenters. The number of likely N-dealkylation sites (tertiary alicyclic amines) is 1. The van der Waals surface area contributed by atoms with E-state index in [1.165, 1.54) is 4.90 Å². The van der Waals surface area contributed by atoms with E-state index in [0.29, 0.717) is 12.4 Å². The first-order chi connectivity index (χ1) is 7.72. The number of hydrogen-bond donors (Lipinski definition) is 1. The van der Waals surface area contributed by atoms with Crippen LogP contribution in [-0.2, 0) is 9.59 Å². The first-order valence-corrected chi connectivity index (χ1v) is 5.24. The molecule has 2 amide bonds. The van der Waals surface area contributed by atoms with Crippen molar-refractivity contribution < 1.29 is 9.59 Å². The van der Waals surface area contributed by atoms with Crippen molar-refractivity contribution in [3.63, 3.8) is 0 Å². The van der Waals surface area contributed by atoms with Crippen molar-refractivity contribution in [2.45, 2.75) is 19.4 Å². The highest BCUT2D eigenvalue weighted by molar-refractivity contribution is 6.06. The van der Waals surface area contributed by atoms with E-state index in [4.69, 9.17) is 0 Å². The second kappa shape index (κ2) is 4.30. The van der Waals surface area contributed by atoms with Crippen LogP contribution in [0.25, 0.3) is 0 Å². The van der Waals surface area contributed by atoms with Crippen LogP contribution in [0.1, 0.15) is 13.3 Å². The van der Waals surface area contributed by atoms with Gasteiger partial charge in [-0.05, 0) is 19.1 Å². The molecule has 0 aromatic carbocycles. The Labute approximate surface area is 93.5 Å². The van der Waals surface area contributed by atoms with E-state index in [-0.39, 0.29) is 18.2 Å². The number of carbonyl (C=O) groups is 2. The summed E-state index contributed by atoms with van der Waals surface area (Å²) in [4.78, 5) is 28.6. The van der Waals surface area contributed by atoms with Gasteiger partial charge in [-0.3, -0.25) is 14.5 Å². The summed E-state index contributed by atoms with van der Waals surface area (Å²) >= 11 is 0. The van der Waals surface area contributed by atoms with Crippen LogP contribution >= 0.6 is 0 Å². The smallest absolute Gasteiger partial charge is 0.252 e. The molecule has 1 saturated heterocycles. The van der Waals surface area contributed by atoms with Crippen LogP contribution in [-0.4, -0.2) is 34.3 Å². The van der Waals surface area contributed by atoms with Crippen LogP contribution in [0.4, 0.5) is 5.82 Å². The number of aromatic nitrogens is 1. The van der Waals surface area contributed by atoms with Crippen molar-refractivity contribution in [3.05, 3.63) is 24.4 Å². The maximum Gasteiger partial charge on any atom is 0.252 e. The third kappa shape index (κ3) is 1.88. The molecule has 1 aromatic rings. The molecule has 1 unspecified atom stereocenters. The fourth-order valence-electron chi connectivity index (χ4n) is 1.75. The maximum absolute atomic E-state index is 11.8. The number of carbonyl (C=O) groups excluding carboxylic acids is 2. The van der Waals surface area contributed by atoms with E-state index in [1.54, 1.807) is 25.3 Å². The van der Waals surface area contributed by atoms with E-state index in [2.05, 4.69) is 10.3 Å². The Hall–Kier alpha value is -1.91. The van der Waals surface area contributed by atoms with Gasteiger partial charge in [0, 0.05) is 12.7 Å². The van der Waals surface area contributed by atoms with Crippen molar-refractivity contribution in [3.8, 4) is 0 Å². The highest BCUT2D eigenvalue weighted by Crippen LogP contribution is 2.16. The topological polar surface area (TPSA) is 62.3 Å². The fourth-order valence-corrected chi connectivity index (χ4v) is 1.75. The molecule has 0 radical (unpaired) electrons. The van der Waals surface area contributed by atoms with Gasteiger partial charge in [0.15, 0.2) is 0 Å². The Morgan fingerprint density at radius 1 is 1.50 bits per heavy atom. The van der Waals surface area contributed by atoms with Gasteiger partial charge in [-0.15, -0.1) is 0 Å². The molecule has 1 aromatic heterocycles. The average molecular weight is 219 g/mol. The SMILES string of the molecule is CCN1C(=O)CC(Nc2ccccn2)C1=O. The van der Waals surface area contributed by atoms with Crippen LogP contribution in [0.15, 0.2) is 24.4 Å². The van der Waals surface area contributed by atoms with Crippen LogP contribution in [0.5, 0.6) is 0 Å². The molecule has 1 aliphatic heterocycles. The van der Waals surface area contributed by atoms with Gasteiger partial charge in [0.1, 0.15) is 11.9 Å². The zero-order valence-electron chi connectivity index (χ0n) is 9.01. The molecule has 5 heteroatoms. The lowest BCUT2D eigenvalue weighted by Gasteiger charge is -2.13. The molecule has 0 bridgehead atoms. The normalized spacial score (nSPS) is 20.3. The number of rotatable bonds is 3. The Balaban J connectivity index is 2.08. The molecule has 0 saturated carbocycles. The van der Waals surface area contributed by atoms with Crippen LogP contribution in [0, 0.1) is 0 Å². The van der Waals surface area contributed by atoms with E-state index in [1.807, 2.05) is 6.07 Å². The summed E-state index contributed by atoms with van der Waals surface area (Å²) in [5, 5.41) is 2.96. The van der Waals surface area contributed by atoms with E-state index in [0.717, 1.165) is 0 Å². The molecule has 0 spiro atoms. The third-order valence-electron chi connectivity index (χ3n) is 2.55. The molecule has 1 N–H and O–H groups in total. The number of nitrogens with zero attached hydrogens (tertiary/aromatic N) is 2. The van der Waals surface area contributed by atoms with E-state index < -0.39 is 6.04 Å². The predicted octanol–water partition coefficient (Wildman–Crippen LogP) is 0.641. The second-order valence-corrected chi connectivity index (χ2v) is 3.59. The number of likely N-dealkylation sites (N-methyl/N-ethyl adjacent to an activating group) is 1. The Morgan fingerprint density at radius 3 is 2.88 bits per heavy atom. The van der Waals surface area contributed by atoms with Crippen LogP contribution < -0.4 is 5.32 Å². The minimum absolute atomic E-state index is 0.124. The summed E-state index contributed by atoms with van der Waals surface area (Å²) in [7, 11) is 0. The molecular weight excluding hydrogens is 206 g/mol.